The zero-order valence-electron chi connectivity index (χ0n) is 19.2. The van der Waals surface area contributed by atoms with E-state index in [1.54, 1.807) is 11.3 Å². The fourth-order valence-corrected chi connectivity index (χ4v) is 5.10. The van der Waals surface area contributed by atoms with Gasteiger partial charge in [0.05, 0.1) is 16.9 Å². The molecule has 1 N–H and O–H groups in total. The first-order valence-electron chi connectivity index (χ1n) is 11.2. The smallest absolute Gasteiger partial charge is 0.223 e. The van der Waals surface area contributed by atoms with Gasteiger partial charge in [0.15, 0.2) is 0 Å². The van der Waals surface area contributed by atoms with Crippen molar-refractivity contribution in [3.05, 3.63) is 51.0 Å². The van der Waals surface area contributed by atoms with Gasteiger partial charge in [0.2, 0.25) is 5.91 Å². The average molecular weight is 437 g/mol. The van der Waals surface area contributed by atoms with E-state index < -0.39 is 0 Å². The fraction of sp³-hybridized carbons (Fsp3) is 0.480. The molecular weight excluding hydrogens is 404 g/mol. The lowest BCUT2D eigenvalue weighted by atomic mass is 9.94. The molecule has 1 atom stereocenters. The molecule has 1 fully saturated rings. The lowest BCUT2D eigenvalue weighted by Crippen LogP contribution is -2.41. The van der Waals surface area contributed by atoms with E-state index in [0.29, 0.717) is 0 Å². The van der Waals surface area contributed by atoms with Crippen molar-refractivity contribution in [3.8, 4) is 0 Å². The van der Waals surface area contributed by atoms with E-state index in [1.807, 2.05) is 0 Å². The number of carbonyl (C=O) groups is 1. The average Bonchev–Trinajstić information content (AvgIpc) is 3.15. The van der Waals surface area contributed by atoms with Gasteiger partial charge < -0.3 is 10.2 Å². The number of nitrogens with one attached hydrogen (secondary N) is 1. The first-order valence-corrected chi connectivity index (χ1v) is 12.1. The summed E-state index contributed by atoms with van der Waals surface area (Å²) in [5.74, 6) is 2.15. The quantitative estimate of drug-likeness (QED) is 0.592. The van der Waals surface area contributed by atoms with Crippen molar-refractivity contribution in [2.45, 2.75) is 59.9 Å². The van der Waals surface area contributed by atoms with Crippen molar-refractivity contribution >= 4 is 34.0 Å². The summed E-state index contributed by atoms with van der Waals surface area (Å²) in [5, 5.41) is 6.54. The van der Waals surface area contributed by atoms with E-state index >= 15 is 0 Å². The van der Waals surface area contributed by atoms with Crippen LogP contribution in [0.2, 0.25) is 0 Å². The minimum atomic E-state index is 0.0203. The summed E-state index contributed by atoms with van der Waals surface area (Å²) >= 11 is 1.73. The highest BCUT2D eigenvalue weighted by atomic mass is 32.1. The molecule has 1 aliphatic heterocycles. The number of nitrogens with zero attached hydrogens (tertiary/aromatic N) is 3. The molecule has 164 valence electrons. The molecule has 31 heavy (non-hydrogen) atoms. The van der Waals surface area contributed by atoms with Gasteiger partial charge in [-0.15, -0.1) is 11.3 Å². The third-order valence-electron chi connectivity index (χ3n) is 6.53. The summed E-state index contributed by atoms with van der Waals surface area (Å²) in [5.41, 5.74) is 4.75. The standard InChI is InChI=1S/C25H32N4OS/c1-6-22-27-21-14-31-18(5)23(21)24(28-22)29-11-9-19(10-12-29)25(30)26-17(4)20-8-7-15(2)16(3)13-20/h7-8,13-14,17,19H,6,9-12H2,1-5H3,(H,26,30). The van der Waals surface area contributed by atoms with Gasteiger partial charge >= 0.3 is 0 Å². The zero-order chi connectivity index (χ0) is 22.1. The van der Waals surface area contributed by atoms with Crippen LogP contribution in [0.5, 0.6) is 0 Å². The van der Waals surface area contributed by atoms with Crippen LogP contribution in [0.1, 0.15) is 60.1 Å². The molecule has 6 heteroatoms. The van der Waals surface area contributed by atoms with Crippen molar-refractivity contribution < 1.29 is 4.79 Å². The molecule has 0 radical (unpaired) electrons. The van der Waals surface area contributed by atoms with E-state index in [9.17, 15) is 4.79 Å². The molecule has 5 nitrogen and oxygen atoms in total. The van der Waals surface area contributed by atoms with Crippen LogP contribution in [0.3, 0.4) is 0 Å². The number of benzene rings is 1. The van der Waals surface area contributed by atoms with E-state index in [-0.39, 0.29) is 17.9 Å². The molecule has 1 aromatic carbocycles. The van der Waals surface area contributed by atoms with Gasteiger partial charge in [-0.2, -0.15) is 0 Å². The molecule has 1 unspecified atom stereocenters. The number of hydrogen-bond acceptors (Lipinski definition) is 5. The van der Waals surface area contributed by atoms with Crippen LogP contribution in [0.15, 0.2) is 23.6 Å². The highest BCUT2D eigenvalue weighted by molar-refractivity contribution is 7.11. The lowest BCUT2D eigenvalue weighted by Gasteiger charge is -2.33. The third kappa shape index (κ3) is 4.45. The summed E-state index contributed by atoms with van der Waals surface area (Å²) < 4.78 is 0. The van der Waals surface area contributed by atoms with Crippen molar-refractivity contribution in [2.75, 3.05) is 18.0 Å². The predicted molar refractivity (Wildman–Crippen MR) is 129 cm³/mol. The maximum atomic E-state index is 12.9. The van der Waals surface area contributed by atoms with Crippen LogP contribution >= 0.6 is 11.3 Å². The number of hydrogen-bond donors (Lipinski definition) is 1. The second-order valence-electron chi connectivity index (χ2n) is 8.70. The molecule has 3 aromatic rings. The molecule has 3 heterocycles. The Morgan fingerprint density at radius 2 is 1.94 bits per heavy atom. The molecule has 0 aliphatic carbocycles. The molecule has 0 bridgehead atoms. The molecule has 0 saturated carbocycles. The molecular formula is C25H32N4OS. The van der Waals surface area contributed by atoms with Gasteiger partial charge in [-0.1, -0.05) is 25.1 Å². The lowest BCUT2D eigenvalue weighted by molar-refractivity contribution is -0.126. The first kappa shape index (κ1) is 21.8. The molecule has 4 rings (SSSR count). The van der Waals surface area contributed by atoms with Gasteiger partial charge in [0.1, 0.15) is 11.6 Å². The normalized spacial score (nSPS) is 16.0. The Kier molecular flexibility index (Phi) is 6.28. The monoisotopic (exact) mass is 436 g/mol. The van der Waals surface area contributed by atoms with Crippen LogP contribution in [0.25, 0.3) is 10.9 Å². The van der Waals surface area contributed by atoms with Gasteiger partial charge in [-0.25, -0.2) is 9.97 Å². The maximum Gasteiger partial charge on any atom is 0.223 e. The topological polar surface area (TPSA) is 58.1 Å². The number of piperidine rings is 1. The van der Waals surface area contributed by atoms with Crippen LogP contribution < -0.4 is 10.2 Å². The number of thiophene rings is 1. The summed E-state index contributed by atoms with van der Waals surface area (Å²) in [7, 11) is 0. The van der Waals surface area contributed by atoms with Crippen molar-refractivity contribution in [1.29, 1.82) is 0 Å². The number of aryl methyl sites for hydroxylation is 4. The Labute approximate surface area is 188 Å². The maximum absolute atomic E-state index is 12.9. The minimum Gasteiger partial charge on any atom is -0.356 e. The van der Waals surface area contributed by atoms with E-state index in [0.717, 1.165) is 55.1 Å². The number of anilines is 1. The Bertz CT molecular complexity index is 1100. The van der Waals surface area contributed by atoms with Crippen molar-refractivity contribution in [3.63, 3.8) is 0 Å². The minimum absolute atomic E-state index is 0.0203. The summed E-state index contributed by atoms with van der Waals surface area (Å²) in [6.45, 7) is 12.2. The highest BCUT2D eigenvalue weighted by Gasteiger charge is 2.28. The van der Waals surface area contributed by atoms with Crippen LogP contribution in [0.4, 0.5) is 5.82 Å². The van der Waals surface area contributed by atoms with Gasteiger partial charge in [-0.05, 0) is 57.2 Å². The zero-order valence-corrected chi connectivity index (χ0v) is 20.0. The SMILES string of the molecule is CCc1nc(N2CCC(C(=O)NC(C)c3ccc(C)c(C)c3)CC2)c2c(C)scc2n1. The molecule has 2 aromatic heterocycles. The van der Waals surface area contributed by atoms with Gasteiger partial charge in [-0.3, -0.25) is 4.79 Å². The van der Waals surface area contributed by atoms with Gasteiger partial charge in [0, 0.05) is 35.7 Å². The van der Waals surface area contributed by atoms with Crippen LogP contribution in [0, 0.1) is 26.7 Å². The number of amides is 1. The molecule has 1 saturated heterocycles. The number of rotatable bonds is 5. The Morgan fingerprint density at radius 1 is 1.19 bits per heavy atom. The van der Waals surface area contributed by atoms with Crippen molar-refractivity contribution in [2.24, 2.45) is 5.92 Å². The summed E-state index contributed by atoms with van der Waals surface area (Å²) in [4.78, 5) is 26.1. The third-order valence-corrected chi connectivity index (χ3v) is 7.43. The van der Waals surface area contributed by atoms with E-state index in [1.165, 1.54) is 21.4 Å². The second kappa shape index (κ2) is 8.95. The van der Waals surface area contributed by atoms with Gasteiger partial charge in [0.25, 0.3) is 0 Å². The number of carbonyl (C=O) groups excluding carboxylic acids is 1. The Morgan fingerprint density at radius 3 is 2.61 bits per heavy atom. The molecule has 0 spiro atoms. The molecule has 1 amide bonds. The summed E-state index contributed by atoms with van der Waals surface area (Å²) in [6.07, 6.45) is 2.52. The Balaban J connectivity index is 1.43. The highest BCUT2D eigenvalue weighted by Crippen LogP contribution is 2.33. The van der Waals surface area contributed by atoms with Crippen LogP contribution in [-0.2, 0) is 11.2 Å². The molecule has 1 aliphatic rings. The largest absolute Gasteiger partial charge is 0.356 e. The fourth-order valence-electron chi connectivity index (χ4n) is 4.33. The van der Waals surface area contributed by atoms with E-state index in [2.05, 4.69) is 68.4 Å². The van der Waals surface area contributed by atoms with Crippen molar-refractivity contribution in [1.82, 2.24) is 15.3 Å². The number of fused-ring (bicyclic) bond motifs is 1. The first-order chi connectivity index (χ1) is 14.9. The number of aromatic nitrogens is 2. The van der Waals surface area contributed by atoms with E-state index in [4.69, 9.17) is 9.97 Å². The summed E-state index contributed by atoms with van der Waals surface area (Å²) in [6, 6.07) is 6.44. The second-order valence-corrected chi connectivity index (χ2v) is 9.79. The van der Waals surface area contributed by atoms with Crippen LogP contribution in [-0.4, -0.2) is 29.0 Å². The Hall–Kier alpha value is -2.47. The predicted octanol–water partition coefficient (Wildman–Crippen LogP) is 5.27.